The number of rotatable bonds is 50. The Bertz CT molecular complexity index is 918. The summed E-state index contributed by atoms with van der Waals surface area (Å²) < 4.78 is 16.7. The molecule has 0 aromatic rings. The van der Waals surface area contributed by atoms with Crippen LogP contribution in [0, 0.1) is 5.92 Å². The summed E-state index contributed by atoms with van der Waals surface area (Å²) in [6.45, 7) is 8.98. The van der Waals surface area contributed by atoms with Crippen molar-refractivity contribution in [1.29, 1.82) is 0 Å². The first-order valence-electron chi connectivity index (χ1n) is 27.4. The molecule has 0 fully saturated rings. The molecule has 61 heavy (non-hydrogen) atoms. The third kappa shape index (κ3) is 49.3. The maximum absolute atomic E-state index is 12.8. The molecule has 0 N–H and O–H groups in total. The number of unbranched alkanes of at least 4 members (excludes halogenated alkanes) is 37. The van der Waals surface area contributed by atoms with E-state index in [4.69, 9.17) is 14.2 Å². The van der Waals surface area contributed by atoms with Gasteiger partial charge in [0.15, 0.2) is 6.10 Å². The quantitative estimate of drug-likeness (QED) is 0.0344. The smallest absolute Gasteiger partial charge is 0.306 e. The number of carbonyl (C=O) groups excluding carboxylic acids is 3. The molecule has 0 aromatic carbocycles. The maximum atomic E-state index is 12.8. The van der Waals surface area contributed by atoms with Crippen LogP contribution in [0.4, 0.5) is 0 Å². The van der Waals surface area contributed by atoms with Crippen LogP contribution in [-0.4, -0.2) is 37.2 Å². The van der Waals surface area contributed by atoms with E-state index in [1.807, 2.05) is 0 Å². The number of hydrogen-bond donors (Lipinski definition) is 0. The lowest BCUT2D eigenvalue weighted by Gasteiger charge is -2.18. The predicted octanol–water partition coefficient (Wildman–Crippen LogP) is 17.8. The molecule has 0 rings (SSSR count). The molecule has 0 aromatic heterocycles. The first-order chi connectivity index (χ1) is 29.9. The van der Waals surface area contributed by atoms with E-state index in [9.17, 15) is 14.4 Å². The second kappa shape index (κ2) is 49.4. The summed E-state index contributed by atoms with van der Waals surface area (Å²) in [6.07, 6.45) is 52.8. The second-order valence-corrected chi connectivity index (χ2v) is 19.3. The van der Waals surface area contributed by atoms with E-state index in [2.05, 4.69) is 27.7 Å². The SMILES string of the molecule is CCCCCCCCCCCCCCCCCCCCCC(=O)O[C@@H](COC(=O)CCCCCCC)COC(=O)CCCCCCCCCCCCCCCCCCC(C)C. The van der Waals surface area contributed by atoms with Crippen LogP contribution >= 0.6 is 0 Å². The van der Waals surface area contributed by atoms with Gasteiger partial charge < -0.3 is 14.2 Å². The van der Waals surface area contributed by atoms with E-state index in [0.29, 0.717) is 19.3 Å². The van der Waals surface area contributed by atoms with Gasteiger partial charge in [0, 0.05) is 19.3 Å². The molecule has 0 heterocycles. The number of ether oxygens (including phenoxy) is 3. The third-order valence-corrected chi connectivity index (χ3v) is 12.5. The molecule has 0 saturated carbocycles. The van der Waals surface area contributed by atoms with Gasteiger partial charge in [0.2, 0.25) is 0 Å². The summed E-state index contributed by atoms with van der Waals surface area (Å²) in [7, 11) is 0. The van der Waals surface area contributed by atoms with Gasteiger partial charge in [0.1, 0.15) is 13.2 Å². The van der Waals surface area contributed by atoms with Gasteiger partial charge in [0.25, 0.3) is 0 Å². The van der Waals surface area contributed by atoms with Gasteiger partial charge >= 0.3 is 17.9 Å². The molecular formula is C55H106O6. The fraction of sp³-hybridized carbons (Fsp3) is 0.945. The zero-order valence-electron chi connectivity index (χ0n) is 41.6. The molecule has 362 valence electrons. The molecule has 0 radical (unpaired) electrons. The van der Waals surface area contributed by atoms with Crippen LogP contribution in [0.5, 0.6) is 0 Å². The Morgan fingerprint density at radius 2 is 0.541 bits per heavy atom. The molecule has 1 atom stereocenters. The molecular weight excluding hydrogens is 757 g/mol. The molecule has 0 aliphatic heterocycles. The molecule has 0 spiro atoms. The molecule has 6 nitrogen and oxygen atoms in total. The normalized spacial score (nSPS) is 12.0. The van der Waals surface area contributed by atoms with Crippen molar-refractivity contribution in [3.63, 3.8) is 0 Å². The van der Waals surface area contributed by atoms with E-state index in [1.54, 1.807) is 0 Å². The third-order valence-electron chi connectivity index (χ3n) is 12.5. The minimum absolute atomic E-state index is 0.0635. The summed E-state index contributed by atoms with van der Waals surface area (Å²) in [5, 5.41) is 0. The lowest BCUT2D eigenvalue weighted by atomic mass is 10.0. The summed E-state index contributed by atoms with van der Waals surface area (Å²) >= 11 is 0. The number of carbonyl (C=O) groups is 3. The summed E-state index contributed by atoms with van der Waals surface area (Å²) in [5.74, 6) is -0.00276. The Balaban J connectivity index is 4.06. The van der Waals surface area contributed by atoms with E-state index in [1.165, 1.54) is 199 Å². The van der Waals surface area contributed by atoms with Crippen LogP contribution in [0.15, 0.2) is 0 Å². The molecule has 0 aliphatic carbocycles. The van der Waals surface area contributed by atoms with Crippen molar-refractivity contribution in [2.24, 2.45) is 5.92 Å². The van der Waals surface area contributed by atoms with E-state index < -0.39 is 6.10 Å². The fourth-order valence-corrected chi connectivity index (χ4v) is 8.39. The van der Waals surface area contributed by atoms with Crippen LogP contribution in [0.3, 0.4) is 0 Å². The Hall–Kier alpha value is -1.59. The van der Waals surface area contributed by atoms with Gasteiger partial charge in [-0.3, -0.25) is 14.4 Å². The van der Waals surface area contributed by atoms with Crippen LogP contribution in [0.1, 0.15) is 310 Å². The van der Waals surface area contributed by atoms with Crippen LogP contribution in [0.25, 0.3) is 0 Å². The highest BCUT2D eigenvalue weighted by Gasteiger charge is 2.19. The molecule has 0 bridgehead atoms. The summed E-state index contributed by atoms with van der Waals surface area (Å²) in [6, 6.07) is 0. The topological polar surface area (TPSA) is 78.9 Å². The second-order valence-electron chi connectivity index (χ2n) is 19.3. The van der Waals surface area contributed by atoms with Crippen molar-refractivity contribution in [3.8, 4) is 0 Å². The van der Waals surface area contributed by atoms with Crippen molar-refractivity contribution in [2.75, 3.05) is 13.2 Å². The summed E-state index contributed by atoms with van der Waals surface area (Å²) in [4.78, 5) is 37.7. The summed E-state index contributed by atoms with van der Waals surface area (Å²) in [5.41, 5.74) is 0. The highest BCUT2D eigenvalue weighted by Crippen LogP contribution is 2.18. The van der Waals surface area contributed by atoms with Crippen molar-refractivity contribution in [3.05, 3.63) is 0 Å². The molecule has 0 unspecified atom stereocenters. The average Bonchev–Trinajstić information content (AvgIpc) is 3.24. The van der Waals surface area contributed by atoms with Gasteiger partial charge in [-0.05, 0) is 25.2 Å². The predicted molar refractivity (Wildman–Crippen MR) is 261 cm³/mol. The van der Waals surface area contributed by atoms with Crippen LogP contribution < -0.4 is 0 Å². The first-order valence-corrected chi connectivity index (χ1v) is 27.4. The minimum Gasteiger partial charge on any atom is -0.462 e. The maximum Gasteiger partial charge on any atom is 0.306 e. The van der Waals surface area contributed by atoms with Gasteiger partial charge in [-0.2, -0.15) is 0 Å². The Morgan fingerprint density at radius 3 is 0.803 bits per heavy atom. The number of hydrogen-bond acceptors (Lipinski definition) is 6. The van der Waals surface area contributed by atoms with Gasteiger partial charge in [0.05, 0.1) is 0 Å². The fourth-order valence-electron chi connectivity index (χ4n) is 8.39. The van der Waals surface area contributed by atoms with Crippen LogP contribution in [-0.2, 0) is 28.6 Å². The van der Waals surface area contributed by atoms with Gasteiger partial charge in [-0.15, -0.1) is 0 Å². The van der Waals surface area contributed by atoms with Crippen molar-refractivity contribution < 1.29 is 28.6 Å². The Morgan fingerprint density at radius 1 is 0.311 bits per heavy atom. The molecule has 0 saturated heterocycles. The highest BCUT2D eigenvalue weighted by molar-refractivity contribution is 5.71. The number of esters is 3. The first kappa shape index (κ1) is 59.4. The van der Waals surface area contributed by atoms with Crippen molar-refractivity contribution in [2.45, 2.75) is 316 Å². The van der Waals surface area contributed by atoms with Gasteiger partial charge in [-0.25, -0.2) is 0 Å². The van der Waals surface area contributed by atoms with Crippen molar-refractivity contribution >= 4 is 17.9 Å². The monoisotopic (exact) mass is 863 g/mol. The Labute approximate surface area is 380 Å². The zero-order valence-corrected chi connectivity index (χ0v) is 41.6. The Kier molecular flexibility index (Phi) is 48.1. The van der Waals surface area contributed by atoms with Crippen LogP contribution in [0.2, 0.25) is 0 Å². The molecule has 6 heteroatoms. The van der Waals surface area contributed by atoms with Gasteiger partial charge in [-0.1, -0.05) is 272 Å². The average molecular weight is 863 g/mol. The lowest BCUT2D eigenvalue weighted by molar-refractivity contribution is -0.167. The highest BCUT2D eigenvalue weighted by atomic mass is 16.6. The lowest BCUT2D eigenvalue weighted by Crippen LogP contribution is -2.30. The minimum atomic E-state index is -0.759. The largest absolute Gasteiger partial charge is 0.462 e. The van der Waals surface area contributed by atoms with Crippen molar-refractivity contribution in [1.82, 2.24) is 0 Å². The van der Waals surface area contributed by atoms with E-state index in [0.717, 1.165) is 70.1 Å². The standard InChI is InChI=1S/C55H106O6/c1-5-7-9-11-12-13-14-15-16-17-18-19-24-27-30-33-36-40-44-48-55(58)61-52(49-59-53(56)46-42-37-10-8-6-2)50-60-54(57)47-43-39-35-32-29-26-23-21-20-22-25-28-31-34-38-41-45-51(3)4/h51-52H,5-50H2,1-4H3/t52-/m0/s1. The van der Waals surface area contributed by atoms with E-state index >= 15 is 0 Å². The zero-order chi connectivity index (χ0) is 44.5. The van der Waals surface area contributed by atoms with E-state index in [-0.39, 0.29) is 31.1 Å². The molecule has 0 aliphatic rings. The molecule has 0 amide bonds.